The molecule has 0 spiro atoms. The molecule has 1 amide bonds. The minimum absolute atomic E-state index is 0.0570. The minimum atomic E-state index is -3.81. The van der Waals surface area contributed by atoms with Crippen LogP contribution in [0.25, 0.3) is 0 Å². The number of aryl methyl sites for hydroxylation is 2. The van der Waals surface area contributed by atoms with Crippen LogP contribution in [-0.2, 0) is 16.4 Å². The molecule has 1 aromatic heterocycles. The Bertz CT molecular complexity index is 1200. The zero-order valence-electron chi connectivity index (χ0n) is 19.1. The summed E-state index contributed by atoms with van der Waals surface area (Å²) in [4.78, 5) is 16.6. The second-order valence-electron chi connectivity index (χ2n) is 8.55. The molecule has 1 aliphatic rings. The molecule has 2 aromatic carbocycles. The number of carbonyl (C=O) groups excluding carboxylic acids is 1. The maximum Gasteiger partial charge on any atom is 0.261 e. The normalized spacial score (nSPS) is 16.2. The highest BCUT2D eigenvalue weighted by molar-refractivity contribution is 7.92. The number of benzene rings is 2. The number of amides is 1. The number of thiophene rings is 1. The standard InChI is InChI=1S/C26H30N2O3S2/c1-3-4-7-20-11-13-21(14-12-20)27-33(30,31)22-15-10-19(2)23(18-22)26(29)28-16-5-8-24(28)25-9-6-17-32-25/h6,9-15,17-18,24,27H,3-5,7-8,16H2,1-2H3/t24-/m0/s1. The highest BCUT2D eigenvalue weighted by Crippen LogP contribution is 2.36. The van der Waals surface area contributed by atoms with E-state index in [2.05, 4.69) is 17.7 Å². The van der Waals surface area contributed by atoms with E-state index in [1.807, 2.05) is 35.4 Å². The fourth-order valence-electron chi connectivity index (χ4n) is 4.27. The number of nitrogens with zero attached hydrogens (tertiary/aromatic N) is 1. The molecule has 1 aliphatic heterocycles. The Morgan fingerprint density at radius 3 is 2.64 bits per heavy atom. The van der Waals surface area contributed by atoms with Crippen LogP contribution in [0.5, 0.6) is 0 Å². The highest BCUT2D eigenvalue weighted by atomic mass is 32.2. The largest absolute Gasteiger partial charge is 0.331 e. The van der Waals surface area contributed by atoms with Crippen molar-refractivity contribution < 1.29 is 13.2 Å². The van der Waals surface area contributed by atoms with Gasteiger partial charge in [0.25, 0.3) is 15.9 Å². The molecule has 1 saturated heterocycles. The van der Waals surface area contributed by atoms with Gasteiger partial charge in [-0.3, -0.25) is 9.52 Å². The van der Waals surface area contributed by atoms with Crippen molar-refractivity contribution in [1.29, 1.82) is 0 Å². The molecule has 4 rings (SSSR count). The van der Waals surface area contributed by atoms with Crippen LogP contribution >= 0.6 is 11.3 Å². The fourth-order valence-corrected chi connectivity index (χ4v) is 6.23. The third-order valence-corrected chi connectivity index (χ3v) is 8.51. The van der Waals surface area contributed by atoms with Crippen molar-refractivity contribution in [3.8, 4) is 0 Å². The summed E-state index contributed by atoms with van der Waals surface area (Å²) in [6, 6.07) is 16.4. The number of sulfonamides is 1. The second kappa shape index (κ2) is 10.1. The smallest absolute Gasteiger partial charge is 0.261 e. The number of hydrogen-bond donors (Lipinski definition) is 1. The van der Waals surface area contributed by atoms with Crippen LogP contribution in [0.4, 0.5) is 5.69 Å². The molecule has 2 heterocycles. The van der Waals surface area contributed by atoms with E-state index in [0.717, 1.165) is 37.7 Å². The summed E-state index contributed by atoms with van der Waals surface area (Å²) in [5.74, 6) is -0.110. The minimum Gasteiger partial charge on any atom is -0.331 e. The molecule has 0 bridgehead atoms. The lowest BCUT2D eigenvalue weighted by Crippen LogP contribution is -2.31. The van der Waals surface area contributed by atoms with Crippen molar-refractivity contribution in [2.75, 3.05) is 11.3 Å². The van der Waals surface area contributed by atoms with Gasteiger partial charge in [-0.2, -0.15) is 0 Å². The van der Waals surface area contributed by atoms with Gasteiger partial charge in [-0.15, -0.1) is 11.3 Å². The number of hydrogen-bond acceptors (Lipinski definition) is 4. The van der Waals surface area contributed by atoms with Crippen LogP contribution in [0.2, 0.25) is 0 Å². The summed E-state index contributed by atoms with van der Waals surface area (Å²) in [5.41, 5.74) is 2.92. The predicted octanol–water partition coefficient (Wildman–Crippen LogP) is 6.18. The molecule has 1 fully saturated rings. The number of unbranched alkanes of at least 4 members (excludes halogenated alkanes) is 1. The number of likely N-dealkylation sites (tertiary alicyclic amines) is 1. The SMILES string of the molecule is CCCCc1ccc(NS(=O)(=O)c2ccc(C)c(C(=O)N3CCC[C@H]3c3cccs3)c2)cc1. The first kappa shape index (κ1) is 23.5. The van der Waals surface area contributed by atoms with E-state index in [1.165, 1.54) is 16.5 Å². The third kappa shape index (κ3) is 5.31. The summed E-state index contributed by atoms with van der Waals surface area (Å²) < 4.78 is 28.8. The number of carbonyl (C=O) groups is 1. The number of nitrogens with one attached hydrogen (secondary N) is 1. The Labute approximate surface area is 200 Å². The molecule has 1 atom stereocenters. The first-order valence-electron chi connectivity index (χ1n) is 11.5. The Morgan fingerprint density at radius 1 is 1.15 bits per heavy atom. The first-order chi connectivity index (χ1) is 15.9. The number of rotatable bonds is 8. The van der Waals surface area contributed by atoms with Gasteiger partial charge in [-0.05, 0) is 79.4 Å². The van der Waals surface area contributed by atoms with E-state index in [1.54, 1.807) is 35.6 Å². The lowest BCUT2D eigenvalue weighted by atomic mass is 10.1. The van der Waals surface area contributed by atoms with Gasteiger partial charge in [-0.1, -0.05) is 37.6 Å². The van der Waals surface area contributed by atoms with Crippen LogP contribution in [0.3, 0.4) is 0 Å². The van der Waals surface area contributed by atoms with Crippen LogP contribution in [0, 0.1) is 6.92 Å². The molecule has 5 nitrogen and oxygen atoms in total. The number of anilines is 1. The van der Waals surface area contributed by atoms with Gasteiger partial charge in [0, 0.05) is 22.7 Å². The van der Waals surface area contributed by atoms with Gasteiger partial charge in [0.1, 0.15) is 0 Å². The molecule has 0 saturated carbocycles. The topological polar surface area (TPSA) is 66.5 Å². The van der Waals surface area contributed by atoms with Gasteiger partial charge in [0.15, 0.2) is 0 Å². The maximum atomic E-state index is 13.4. The Kier molecular flexibility index (Phi) is 7.20. The Morgan fingerprint density at radius 2 is 1.94 bits per heavy atom. The summed E-state index contributed by atoms with van der Waals surface area (Å²) in [5, 5.41) is 2.02. The second-order valence-corrected chi connectivity index (χ2v) is 11.2. The Balaban J connectivity index is 1.55. The van der Waals surface area contributed by atoms with E-state index >= 15 is 0 Å². The van der Waals surface area contributed by atoms with E-state index < -0.39 is 10.0 Å². The van der Waals surface area contributed by atoms with E-state index in [4.69, 9.17) is 0 Å². The lowest BCUT2D eigenvalue weighted by Gasteiger charge is -2.25. The van der Waals surface area contributed by atoms with Crippen molar-refractivity contribution in [2.24, 2.45) is 0 Å². The van der Waals surface area contributed by atoms with Crippen molar-refractivity contribution in [2.45, 2.75) is 56.9 Å². The molecule has 1 N–H and O–H groups in total. The van der Waals surface area contributed by atoms with Crippen molar-refractivity contribution in [1.82, 2.24) is 4.90 Å². The van der Waals surface area contributed by atoms with Crippen LogP contribution in [-0.4, -0.2) is 25.8 Å². The average Bonchev–Trinajstić information content (AvgIpc) is 3.50. The summed E-state index contributed by atoms with van der Waals surface area (Å²) in [6.45, 7) is 4.68. The highest BCUT2D eigenvalue weighted by Gasteiger charge is 2.32. The van der Waals surface area contributed by atoms with Crippen LogP contribution in [0.1, 0.15) is 65.0 Å². The monoisotopic (exact) mass is 482 g/mol. The Hall–Kier alpha value is -2.64. The average molecular weight is 483 g/mol. The van der Waals surface area contributed by atoms with Gasteiger partial charge in [0.2, 0.25) is 0 Å². The van der Waals surface area contributed by atoms with E-state index in [0.29, 0.717) is 17.8 Å². The van der Waals surface area contributed by atoms with Gasteiger partial charge in [0.05, 0.1) is 10.9 Å². The summed E-state index contributed by atoms with van der Waals surface area (Å²) in [6.07, 6.45) is 5.08. The van der Waals surface area contributed by atoms with Gasteiger partial charge in [-0.25, -0.2) is 8.42 Å². The third-order valence-electron chi connectivity index (χ3n) is 6.16. The molecule has 33 heavy (non-hydrogen) atoms. The van der Waals surface area contributed by atoms with E-state index in [-0.39, 0.29) is 16.8 Å². The van der Waals surface area contributed by atoms with Gasteiger partial charge >= 0.3 is 0 Å². The molecular weight excluding hydrogens is 452 g/mol. The van der Waals surface area contributed by atoms with Crippen LogP contribution < -0.4 is 4.72 Å². The molecule has 7 heteroatoms. The molecule has 0 unspecified atom stereocenters. The zero-order valence-corrected chi connectivity index (χ0v) is 20.7. The van der Waals surface area contributed by atoms with Crippen molar-refractivity contribution in [3.05, 3.63) is 81.5 Å². The van der Waals surface area contributed by atoms with Crippen molar-refractivity contribution in [3.63, 3.8) is 0 Å². The summed E-state index contributed by atoms with van der Waals surface area (Å²) in [7, 11) is -3.81. The fraction of sp³-hybridized carbons (Fsp3) is 0.346. The molecule has 0 aliphatic carbocycles. The van der Waals surface area contributed by atoms with Crippen LogP contribution in [0.15, 0.2) is 64.9 Å². The maximum absolute atomic E-state index is 13.4. The summed E-state index contributed by atoms with van der Waals surface area (Å²) >= 11 is 1.65. The molecular formula is C26H30N2O3S2. The van der Waals surface area contributed by atoms with Crippen molar-refractivity contribution >= 4 is 33.0 Å². The first-order valence-corrected chi connectivity index (χ1v) is 13.8. The zero-order chi connectivity index (χ0) is 23.4. The van der Waals surface area contributed by atoms with E-state index in [9.17, 15) is 13.2 Å². The lowest BCUT2D eigenvalue weighted by molar-refractivity contribution is 0.0737. The predicted molar refractivity (Wildman–Crippen MR) is 134 cm³/mol. The quantitative estimate of drug-likeness (QED) is 0.417. The molecule has 0 radical (unpaired) electrons. The molecule has 3 aromatic rings. The van der Waals surface area contributed by atoms with Gasteiger partial charge < -0.3 is 4.90 Å². The molecule has 174 valence electrons.